The first kappa shape index (κ1) is 18.7. The third-order valence-corrected chi connectivity index (χ3v) is 7.54. The molecule has 1 spiro atoms. The van der Waals surface area contributed by atoms with E-state index < -0.39 is 15.6 Å². The smallest absolute Gasteiger partial charge is 0.243 e. The van der Waals surface area contributed by atoms with Gasteiger partial charge in [-0.15, -0.1) is 0 Å². The summed E-state index contributed by atoms with van der Waals surface area (Å²) in [4.78, 5) is 12.8. The first-order valence-corrected chi connectivity index (χ1v) is 10.8. The number of nitrogens with zero attached hydrogens (tertiary/aromatic N) is 1. The number of hydrogen-bond donors (Lipinski definition) is 0. The lowest BCUT2D eigenvalue weighted by Gasteiger charge is -2.43. The molecule has 0 bridgehead atoms. The van der Waals surface area contributed by atoms with E-state index in [1.54, 1.807) is 30.3 Å². The van der Waals surface area contributed by atoms with Gasteiger partial charge in [-0.1, -0.05) is 23.2 Å². The normalized spacial score (nSPS) is 19.6. The summed E-state index contributed by atoms with van der Waals surface area (Å²) in [7, 11) is -3.60. The number of piperidine rings is 1. The van der Waals surface area contributed by atoms with Crippen molar-refractivity contribution in [3.8, 4) is 5.75 Å². The summed E-state index contributed by atoms with van der Waals surface area (Å²) in [5.41, 5.74) is -0.173. The molecule has 0 saturated carbocycles. The molecule has 2 aromatic rings. The van der Waals surface area contributed by atoms with Gasteiger partial charge in [0.25, 0.3) is 0 Å². The number of rotatable bonds is 2. The molecule has 8 heteroatoms. The fraction of sp³-hybridized carbons (Fsp3) is 0.316. The second-order valence-corrected chi connectivity index (χ2v) is 9.69. The van der Waals surface area contributed by atoms with E-state index in [9.17, 15) is 13.2 Å². The Labute approximate surface area is 167 Å². The molecule has 0 N–H and O–H groups in total. The van der Waals surface area contributed by atoms with Gasteiger partial charge in [0.1, 0.15) is 11.4 Å². The number of carbonyl (C=O) groups excluding carboxylic acids is 1. The lowest BCUT2D eigenvalue weighted by Crippen LogP contribution is -2.52. The van der Waals surface area contributed by atoms with Crippen LogP contribution >= 0.6 is 23.2 Å². The Bertz CT molecular complexity index is 997. The van der Waals surface area contributed by atoms with Crippen molar-refractivity contribution in [2.24, 2.45) is 0 Å². The summed E-state index contributed by atoms with van der Waals surface area (Å²) >= 11 is 11.8. The van der Waals surface area contributed by atoms with Crippen LogP contribution in [0.4, 0.5) is 0 Å². The van der Waals surface area contributed by atoms with E-state index in [4.69, 9.17) is 27.9 Å². The van der Waals surface area contributed by atoms with Crippen molar-refractivity contribution in [3.63, 3.8) is 0 Å². The van der Waals surface area contributed by atoms with E-state index in [2.05, 4.69) is 0 Å². The van der Waals surface area contributed by atoms with Gasteiger partial charge in [-0.25, -0.2) is 8.42 Å². The van der Waals surface area contributed by atoms with Gasteiger partial charge in [-0.05, 0) is 42.5 Å². The molecule has 4 rings (SSSR count). The van der Waals surface area contributed by atoms with Gasteiger partial charge in [0, 0.05) is 36.0 Å². The Balaban J connectivity index is 1.53. The summed E-state index contributed by atoms with van der Waals surface area (Å²) in [6, 6.07) is 11.1. The monoisotopic (exact) mass is 425 g/mol. The molecule has 0 amide bonds. The van der Waals surface area contributed by atoms with Crippen LogP contribution in [0, 0.1) is 0 Å². The summed E-state index contributed by atoms with van der Waals surface area (Å²) < 4.78 is 33.2. The number of benzene rings is 2. The first-order chi connectivity index (χ1) is 12.8. The molecule has 1 saturated heterocycles. The average Bonchev–Trinajstić information content (AvgIpc) is 2.63. The highest BCUT2D eigenvalue weighted by atomic mass is 35.5. The maximum atomic E-state index is 12.8. The van der Waals surface area contributed by atoms with Crippen LogP contribution < -0.4 is 4.74 Å². The van der Waals surface area contributed by atoms with Crippen molar-refractivity contribution < 1.29 is 17.9 Å². The molecule has 27 heavy (non-hydrogen) atoms. The molecule has 0 aliphatic carbocycles. The van der Waals surface area contributed by atoms with Crippen LogP contribution in [0.2, 0.25) is 10.0 Å². The topological polar surface area (TPSA) is 63.7 Å². The van der Waals surface area contributed by atoms with Crippen LogP contribution in [-0.4, -0.2) is 37.2 Å². The van der Waals surface area contributed by atoms with Gasteiger partial charge in [-0.3, -0.25) is 4.79 Å². The van der Waals surface area contributed by atoms with Gasteiger partial charge in [0.2, 0.25) is 10.0 Å². The highest BCUT2D eigenvalue weighted by Gasteiger charge is 2.45. The minimum absolute atomic E-state index is 0.0206. The van der Waals surface area contributed by atoms with E-state index >= 15 is 0 Å². The summed E-state index contributed by atoms with van der Waals surface area (Å²) in [6.07, 6.45) is 1.14. The van der Waals surface area contributed by atoms with Crippen LogP contribution in [0.3, 0.4) is 0 Å². The zero-order valence-corrected chi connectivity index (χ0v) is 16.6. The molecule has 1 fully saturated rings. The summed E-state index contributed by atoms with van der Waals surface area (Å²) in [6.45, 7) is 0.586. The van der Waals surface area contributed by atoms with Crippen LogP contribution in [0.5, 0.6) is 5.75 Å². The average molecular weight is 426 g/mol. The third-order valence-electron chi connectivity index (χ3n) is 5.14. The number of sulfonamides is 1. The maximum absolute atomic E-state index is 12.8. The molecule has 2 aliphatic heterocycles. The zero-order valence-electron chi connectivity index (χ0n) is 14.3. The number of fused-ring (bicyclic) bond motifs is 1. The van der Waals surface area contributed by atoms with E-state index in [1.807, 2.05) is 0 Å². The zero-order chi connectivity index (χ0) is 19.2. The predicted molar refractivity (Wildman–Crippen MR) is 103 cm³/mol. The van der Waals surface area contributed by atoms with Crippen molar-refractivity contribution in [2.75, 3.05) is 13.1 Å². The maximum Gasteiger partial charge on any atom is 0.243 e. The molecular weight excluding hydrogens is 409 g/mol. The summed E-state index contributed by atoms with van der Waals surface area (Å²) in [5.74, 6) is 0.498. The Morgan fingerprint density at radius 1 is 0.963 bits per heavy atom. The van der Waals surface area contributed by atoms with Crippen LogP contribution in [-0.2, 0) is 10.0 Å². The van der Waals surface area contributed by atoms with Crippen molar-refractivity contribution in [2.45, 2.75) is 29.8 Å². The van der Waals surface area contributed by atoms with Gasteiger partial charge >= 0.3 is 0 Å². The predicted octanol–water partition coefficient (Wildman–Crippen LogP) is 4.18. The highest BCUT2D eigenvalue weighted by molar-refractivity contribution is 7.89. The quantitative estimate of drug-likeness (QED) is 0.723. The molecule has 0 unspecified atom stereocenters. The standard InChI is InChI=1S/C19H17Cl2NO4S/c20-13-1-4-15(5-2-13)27(24,25)22-9-7-19(8-10-22)12-17(23)16-11-14(21)3-6-18(16)26-19/h1-6,11H,7-10,12H2. The molecule has 0 aromatic heterocycles. The molecule has 5 nitrogen and oxygen atoms in total. The number of halogens is 2. The van der Waals surface area contributed by atoms with E-state index in [0.29, 0.717) is 47.3 Å². The van der Waals surface area contributed by atoms with Crippen LogP contribution in [0.15, 0.2) is 47.4 Å². The number of ketones is 1. The Morgan fingerprint density at radius 2 is 1.59 bits per heavy atom. The fourth-order valence-electron chi connectivity index (χ4n) is 3.63. The Morgan fingerprint density at radius 3 is 2.26 bits per heavy atom. The lowest BCUT2D eigenvalue weighted by atomic mass is 9.83. The van der Waals surface area contributed by atoms with Crippen molar-refractivity contribution >= 4 is 39.0 Å². The number of Topliss-reactive ketones (excluding diaryl/α,β-unsaturated/α-hetero) is 1. The van der Waals surface area contributed by atoms with Crippen molar-refractivity contribution in [3.05, 3.63) is 58.1 Å². The van der Waals surface area contributed by atoms with Crippen molar-refractivity contribution in [1.82, 2.24) is 4.31 Å². The van der Waals surface area contributed by atoms with Crippen molar-refractivity contribution in [1.29, 1.82) is 0 Å². The van der Waals surface area contributed by atoms with Crippen LogP contribution in [0.25, 0.3) is 0 Å². The number of carbonyl (C=O) groups is 1. The van der Waals surface area contributed by atoms with E-state index in [1.165, 1.54) is 16.4 Å². The van der Waals surface area contributed by atoms with Gasteiger partial charge < -0.3 is 4.74 Å². The minimum Gasteiger partial charge on any atom is -0.486 e. The fourth-order valence-corrected chi connectivity index (χ4v) is 5.37. The molecule has 2 heterocycles. The Hall–Kier alpha value is -1.60. The summed E-state index contributed by atoms with van der Waals surface area (Å²) in [5, 5.41) is 0.977. The van der Waals surface area contributed by atoms with Gasteiger partial charge in [0.05, 0.1) is 16.9 Å². The molecular formula is C19H17Cl2NO4S. The molecule has 0 radical (unpaired) electrons. The second kappa shape index (κ2) is 6.78. The third kappa shape index (κ3) is 3.47. The Kier molecular flexibility index (Phi) is 4.71. The van der Waals surface area contributed by atoms with Crippen LogP contribution in [0.1, 0.15) is 29.6 Å². The largest absolute Gasteiger partial charge is 0.486 e. The number of ether oxygens (including phenoxy) is 1. The number of hydrogen-bond acceptors (Lipinski definition) is 4. The van der Waals surface area contributed by atoms with E-state index in [0.717, 1.165) is 0 Å². The lowest BCUT2D eigenvalue weighted by molar-refractivity contribution is 0.00591. The van der Waals surface area contributed by atoms with Gasteiger partial charge in [0.15, 0.2) is 5.78 Å². The molecule has 2 aliphatic rings. The SMILES string of the molecule is O=C1CC2(CCN(S(=O)(=O)c3ccc(Cl)cc3)CC2)Oc2ccc(Cl)cc21. The first-order valence-electron chi connectivity index (χ1n) is 8.57. The van der Waals surface area contributed by atoms with E-state index in [-0.39, 0.29) is 17.1 Å². The molecule has 0 atom stereocenters. The second-order valence-electron chi connectivity index (χ2n) is 6.88. The molecule has 2 aromatic carbocycles. The van der Waals surface area contributed by atoms with Gasteiger partial charge in [-0.2, -0.15) is 4.31 Å². The highest BCUT2D eigenvalue weighted by Crippen LogP contribution is 2.41. The minimum atomic E-state index is -3.60. The molecule has 142 valence electrons.